The van der Waals surface area contributed by atoms with Crippen molar-refractivity contribution in [3.63, 3.8) is 0 Å². The number of hydrogen-bond donors (Lipinski definition) is 2. The van der Waals surface area contributed by atoms with E-state index in [0.29, 0.717) is 21.0 Å². The standard InChI is InChI=1S/C19H16F3N7O3S2/c1-10(27-17(30)15-13-7-26-29(2)16(13)25-9-24-15)14-8-23-18(33-14)28-11-4-3-5-12(6-11)34(31,32)19(20,21)22/h3-10H,1-2H3,(H,23,28)(H,27,30). The van der Waals surface area contributed by atoms with Crippen molar-refractivity contribution in [3.05, 3.63) is 53.6 Å². The van der Waals surface area contributed by atoms with E-state index in [1.807, 2.05) is 0 Å². The molecule has 1 unspecified atom stereocenters. The Bertz CT molecular complexity index is 1480. The summed E-state index contributed by atoms with van der Waals surface area (Å²) in [4.78, 5) is 24.8. The van der Waals surface area contributed by atoms with Gasteiger partial charge in [-0.1, -0.05) is 17.4 Å². The van der Waals surface area contributed by atoms with Gasteiger partial charge in [0.15, 0.2) is 10.8 Å². The van der Waals surface area contributed by atoms with Crippen LogP contribution in [0.25, 0.3) is 11.0 Å². The van der Waals surface area contributed by atoms with E-state index in [-0.39, 0.29) is 11.4 Å². The summed E-state index contributed by atoms with van der Waals surface area (Å²) >= 11 is 1.14. The van der Waals surface area contributed by atoms with E-state index in [0.717, 1.165) is 23.5 Å². The summed E-state index contributed by atoms with van der Waals surface area (Å²) in [6, 6.07) is 3.88. The topological polar surface area (TPSA) is 132 Å². The third-order valence-electron chi connectivity index (χ3n) is 4.74. The summed E-state index contributed by atoms with van der Waals surface area (Å²) in [5.74, 6) is -0.444. The highest BCUT2D eigenvalue weighted by molar-refractivity contribution is 7.92. The summed E-state index contributed by atoms with van der Waals surface area (Å²) in [7, 11) is -3.78. The Morgan fingerprint density at radius 2 is 1.94 bits per heavy atom. The normalized spacial score (nSPS) is 13.1. The average Bonchev–Trinajstić information content (AvgIpc) is 3.40. The second-order valence-corrected chi connectivity index (χ2v) is 10.1. The minimum atomic E-state index is -5.47. The minimum absolute atomic E-state index is 0.114. The van der Waals surface area contributed by atoms with Gasteiger partial charge < -0.3 is 10.6 Å². The largest absolute Gasteiger partial charge is 0.501 e. The number of aromatic nitrogens is 5. The van der Waals surface area contributed by atoms with Crippen molar-refractivity contribution in [2.75, 3.05) is 5.32 Å². The number of carbonyl (C=O) groups excluding carboxylic acids is 1. The second kappa shape index (κ2) is 8.64. The van der Waals surface area contributed by atoms with Crippen LogP contribution in [0, 0.1) is 0 Å². The molecule has 1 atom stereocenters. The lowest BCUT2D eigenvalue weighted by molar-refractivity contribution is -0.0436. The quantitative estimate of drug-likeness (QED) is 0.403. The molecule has 34 heavy (non-hydrogen) atoms. The maximum Gasteiger partial charge on any atom is 0.501 e. The van der Waals surface area contributed by atoms with Gasteiger partial charge in [-0.15, -0.1) is 0 Å². The maximum absolute atomic E-state index is 12.8. The van der Waals surface area contributed by atoms with Crippen LogP contribution in [0.5, 0.6) is 0 Å². The zero-order valence-corrected chi connectivity index (χ0v) is 19.2. The third-order valence-corrected chi connectivity index (χ3v) is 7.32. The van der Waals surface area contributed by atoms with Crippen molar-refractivity contribution in [1.82, 2.24) is 30.0 Å². The van der Waals surface area contributed by atoms with Crippen molar-refractivity contribution < 1.29 is 26.4 Å². The van der Waals surface area contributed by atoms with E-state index in [2.05, 4.69) is 30.7 Å². The molecule has 0 saturated heterocycles. The van der Waals surface area contributed by atoms with E-state index < -0.39 is 32.2 Å². The highest BCUT2D eigenvalue weighted by Gasteiger charge is 2.46. The van der Waals surface area contributed by atoms with Gasteiger partial charge in [0.05, 0.1) is 22.5 Å². The van der Waals surface area contributed by atoms with Gasteiger partial charge >= 0.3 is 5.51 Å². The molecule has 3 heterocycles. The number of aryl methyl sites for hydroxylation is 1. The van der Waals surface area contributed by atoms with Crippen molar-refractivity contribution in [1.29, 1.82) is 0 Å². The van der Waals surface area contributed by atoms with E-state index in [9.17, 15) is 26.4 Å². The highest BCUT2D eigenvalue weighted by atomic mass is 32.2. The molecule has 178 valence electrons. The van der Waals surface area contributed by atoms with Crippen LogP contribution in [0.1, 0.15) is 28.3 Å². The molecule has 4 rings (SSSR count). The number of benzene rings is 1. The number of carbonyl (C=O) groups is 1. The first kappa shape index (κ1) is 23.6. The maximum atomic E-state index is 12.8. The Kier molecular flexibility index (Phi) is 5.99. The summed E-state index contributed by atoms with van der Waals surface area (Å²) < 4.78 is 63.2. The summed E-state index contributed by atoms with van der Waals surface area (Å²) in [5.41, 5.74) is -4.62. The first-order chi connectivity index (χ1) is 16.0. The number of rotatable bonds is 6. The Morgan fingerprint density at radius 3 is 2.68 bits per heavy atom. The fourth-order valence-electron chi connectivity index (χ4n) is 3.02. The van der Waals surface area contributed by atoms with Crippen LogP contribution in [0.2, 0.25) is 0 Å². The molecule has 0 radical (unpaired) electrons. The van der Waals surface area contributed by atoms with Gasteiger partial charge in [-0.2, -0.15) is 18.3 Å². The minimum Gasteiger partial charge on any atom is -0.343 e. The van der Waals surface area contributed by atoms with E-state index >= 15 is 0 Å². The van der Waals surface area contributed by atoms with Crippen molar-refractivity contribution >= 4 is 48.9 Å². The molecule has 0 spiro atoms. The number of halogens is 3. The number of nitrogens with zero attached hydrogens (tertiary/aromatic N) is 5. The number of thiazole rings is 1. The average molecular weight is 512 g/mol. The lowest BCUT2D eigenvalue weighted by Crippen LogP contribution is -2.27. The first-order valence-electron chi connectivity index (χ1n) is 9.55. The van der Waals surface area contributed by atoms with Crippen molar-refractivity contribution in [2.24, 2.45) is 7.05 Å². The Morgan fingerprint density at radius 1 is 1.18 bits per heavy atom. The summed E-state index contributed by atoms with van der Waals surface area (Å²) in [6.07, 6.45) is 4.26. The fourth-order valence-corrected chi connectivity index (χ4v) is 4.67. The van der Waals surface area contributed by atoms with E-state index in [1.165, 1.54) is 35.5 Å². The first-order valence-corrected chi connectivity index (χ1v) is 11.8. The zero-order chi connectivity index (χ0) is 24.7. The summed E-state index contributed by atoms with van der Waals surface area (Å²) in [5, 5.41) is 10.5. The molecule has 0 aliphatic heterocycles. The Hall–Kier alpha value is -3.59. The van der Waals surface area contributed by atoms with Crippen LogP contribution in [-0.4, -0.2) is 44.6 Å². The Labute approximate surface area is 194 Å². The molecule has 2 N–H and O–H groups in total. The SMILES string of the molecule is CC(NC(=O)c1ncnc2c1cnn2C)c1cnc(Nc2cccc(S(=O)(=O)C(F)(F)F)c2)s1. The highest BCUT2D eigenvalue weighted by Crippen LogP contribution is 2.33. The van der Waals surface area contributed by atoms with E-state index in [4.69, 9.17) is 0 Å². The number of sulfone groups is 1. The van der Waals surface area contributed by atoms with Gasteiger partial charge in [0.2, 0.25) is 0 Å². The monoisotopic (exact) mass is 511 g/mol. The van der Waals surface area contributed by atoms with E-state index in [1.54, 1.807) is 14.0 Å². The number of nitrogens with one attached hydrogen (secondary N) is 2. The van der Waals surface area contributed by atoms with Crippen LogP contribution < -0.4 is 10.6 Å². The molecule has 0 bridgehead atoms. The van der Waals surface area contributed by atoms with Gasteiger partial charge in [-0.3, -0.25) is 9.48 Å². The number of hydrogen-bond acceptors (Lipinski definition) is 9. The fraction of sp³-hybridized carbons (Fsp3) is 0.211. The smallest absolute Gasteiger partial charge is 0.343 e. The van der Waals surface area contributed by atoms with Gasteiger partial charge in [-0.25, -0.2) is 23.4 Å². The van der Waals surface area contributed by atoms with Crippen LogP contribution in [0.15, 0.2) is 47.9 Å². The van der Waals surface area contributed by atoms with Crippen LogP contribution in [0.4, 0.5) is 24.0 Å². The van der Waals surface area contributed by atoms with Gasteiger partial charge in [0.1, 0.15) is 12.0 Å². The van der Waals surface area contributed by atoms with Gasteiger partial charge in [0, 0.05) is 23.8 Å². The molecule has 1 amide bonds. The number of fused-ring (bicyclic) bond motifs is 1. The third kappa shape index (κ3) is 4.43. The molecule has 15 heteroatoms. The molecule has 3 aromatic heterocycles. The summed E-state index contributed by atoms with van der Waals surface area (Å²) in [6.45, 7) is 1.73. The van der Waals surface area contributed by atoms with Crippen molar-refractivity contribution in [3.8, 4) is 0 Å². The molecule has 4 aromatic rings. The predicted molar refractivity (Wildman–Crippen MR) is 117 cm³/mol. The molecule has 0 fully saturated rings. The van der Waals surface area contributed by atoms with Crippen LogP contribution in [-0.2, 0) is 16.9 Å². The predicted octanol–water partition coefficient (Wildman–Crippen LogP) is 3.35. The molecular weight excluding hydrogens is 495 g/mol. The number of anilines is 2. The molecule has 10 nitrogen and oxygen atoms in total. The van der Waals surface area contributed by atoms with Gasteiger partial charge in [-0.05, 0) is 25.1 Å². The number of amides is 1. The lowest BCUT2D eigenvalue weighted by Gasteiger charge is -2.11. The molecule has 0 aliphatic carbocycles. The van der Waals surface area contributed by atoms with Crippen LogP contribution in [0.3, 0.4) is 0 Å². The van der Waals surface area contributed by atoms with Gasteiger partial charge in [0.25, 0.3) is 15.7 Å². The van der Waals surface area contributed by atoms with Crippen LogP contribution >= 0.6 is 11.3 Å². The lowest BCUT2D eigenvalue weighted by atomic mass is 10.2. The zero-order valence-electron chi connectivity index (χ0n) is 17.5. The van der Waals surface area contributed by atoms with Crippen molar-refractivity contribution in [2.45, 2.75) is 23.4 Å². The molecule has 0 saturated carbocycles. The second-order valence-electron chi connectivity index (χ2n) is 7.09. The molecule has 1 aromatic carbocycles. The Balaban J connectivity index is 1.48. The molecule has 0 aliphatic rings. The molecular formula is C19H16F3N7O3S2. The number of alkyl halides is 3.